The fourth-order valence-corrected chi connectivity index (χ4v) is 3.53. The van der Waals surface area contributed by atoms with Crippen molar-refractivity contribution < 1.29 is 9.90 Å². The molecule has 152 valence electrons. The molecule has 3 N–H and O–H groups in total. The van der Waals surface area contributed by atoms with Crippen LogP contribution in [0.3, 0.4) is 0 Å². The second-order valence-corrected chi connectivity index (χ2v) is 7.80. The molecule has 1 fully saturated rings. The second-order valence-electron chi connectivity index (χ2n) is 7.80. The summed E-state index contributed by atoms with van der Waals surface area (Å²) in [5.74, 6) is 0.157. The van der Waals surface area contributed by atoms with Crippen LogP contribution in [0.4, 0.5) is 11.5 Å². The van der Waals surface area contributed by atoms with E-state index in [1.165, 1.54) is 12.8 Å². The first-order valence-corrected chi connectivity index (χ1v) is 10.0. The summed E-state index contributed by atoms with van der Waals surface area (Å²) in [5.41, 5.74) is 4.29. The molecule has 0 amide bonds. The lowest BCUT2D eigenvalue weighted by atomic mass is 10.0. The molecule has 0 radical (unpaired) electrons. The molecule has 0 saturated heterocycles. The van der Waals surface area contributed by atoms with Gasteiger partial charge in [-0.3, -0.25) is 0 Å². The molecule has 1 heterocycles. The molecule has 1 aliphatic rings. The number of hydrogen-bond donors (Lipinski definition) is 3. The molecule has 7 nitrogen and oxygen atoms in total. The minimum absolute atomic E-state index is 0.214. The van der Waals surface area contributed by atoms with Crippen molar-refractivity contribution in [2.45, 2.75) is 32.7 Å². The molecule has 4 rings (SSSR count). The third-order valence-corrected chi connectivity index (χ3v) is 5.30. The van der Waals surface area contributed by atoms with Crippen LogP contribution in [0, 0.1) is 24.2 Å². The number of aromatic carboxylic acids is 1. The molecular weight excluding hydrogens is 378 g/mol. The van der Waals surface area contributed by atoms with Crippen LogP contribution in [0.1, 0.15) is 53.0 Å². The Hall–Kier alpha value is -3.66. The number of carbonyl (C=O) groups is 1. The Labute approximate surface area is 174 Å². The van der Waals surface area contributed by atoms with Crippen molar-refractivity contribution in [3.8, 4) is 6.07 Å². The van der Waals surface area contributed by atoms with E-state index >= 15 is 0 Å². The molecule has 3 aromatic rings. The van der Waals surface area contributed by atoms with E-state index in [9.17, 15) is 15.2 Å². The van der Waals surface area contributed by atoms with Gasteiger partial charge in [-0.2, -0.15) is 5.26 Å². The van der Waals surface area contributed by atoms with Gasteiger partial charge in [0.1, 0.15) is 6.07 Å². The molecule has 2 aromatic carbocycles. The number of anilines is 2. The van der Waals surface area contributed by atoms with E-state index in [-0.39, 0.29) is 17.3 Å². The van der Waals surface area contributed by atoms with Gasteiger partial charge in [-0.1, -0.05) is 18.2 Å². The van der Waals surface area contributed by atoms with E-state index in [0.717, 1.165) is 17.7 Å². The molecule has 0 bridgehead atoms. The Morgan fingerprint density at radius 3 is 2.77 bits per heavy atom. The maximum atomic E-state index is 11.6. The quantitative estimate of drug-likeness (QED) is 0.534. The number of benzene rings is 2. The number of nitrogens with one attached hydrogen (secondary N) is 2. The van der Waals surface area contributed by atoms with Crippen LogP contribution < -0.4 is 10.6 Å². The van der Waals surface area contributed by atoms with Crippen LogP contribution in [-0.2, 0) is 0 Å². The Bertz CT molecular complexity index is 1160. The van der Waals surface area contributed by atoms with Crippen LogP contribution in [0.2, 0.25) is 0 Å². The fourth-order valence-electron chi connectivity index (χ4n) is 3.53. The van der Waals surface area contributed by atoms with Crippen molar-refractivity contribution in [2.75, 3.05) is 17.2 Å². The number of rotatable bonds is 7. The predicted molar refractivity (Wildman–Crippen MR) is 116 cm³/mol. The van der Waals surface area contributed by atoms with Crippen LogP contribution >= 0.6 is 0 Å². The second kappa shape index (κ2) is 7.99. The van der Waals surface area contributed by atoms with Crippen LogP contribution in [0.15, 0.2) is 36.4 Å². The van der Waals surface area contributed by atoms with Crippen molar-refractivity contribution in [1.82, 2.24) is 9.97 Å². The fraction of sp³-hybridized carbons (Fsp3) is 0.304. The van der Waals surface area contributed by atoms with Crippen LogP contribution in [0.5, 0.6) is 0 Å². The zero-order chi connectivity index (χ0) is 21.3. The predicted octanol–water partition coefficient (Wildman–Crippen LogP) is 4.50. The maximum Gasteiger partial charge on any atom is 0.337 e. The summed E-state index contributed by atoms with van der Waals surface area (Å²) in [7, 11) is 0. The molecule has 1 atom stereocenters. The highest BCUT2D eigenvalue weighted by Gasteiger charge is 2.22. The molecule has 30 heavy (non-hydrogen) atoms. The van der Waals surface area contributed by atoms with Gasteiger partial charge in [0, 0.05) is 17.8 Å². The number of aromatic nitrogens is 2. The molecule has 1 saturated carbocycles. The highest BCUT2D eigenvalue weighted by molar-refractivity contribution is 5.94. The Kier molecular flexibility index (Phi) is 5.23. The SMILES string of the molecule is Cc1cc([C@@H](C)Nc2ccccc2C(=O)O)c2nc(NCC3CC3)c(C#N)nc2c1. The number of hydrogen-bond acceptors (Lipinski definition) is 6. The zero-order valence-electron chi connectivity index (χ0n) is 16.9. The Morgan fingerprint density at radius 1 is 1.30 bits per heavy atom. The highest BCUT2D eigenvalue weighted by atomic mass is 16.4. The van der Waals surface area contributed by atoms with Gasteiger partial charge in [0.2, 0.25) is 0 Å². The Morgan fingerprint density at radius 2 is 2.07 bits per heavy atom. The van der Waals surface area contributed by atoms with E-state index in [2.05, 4.69) is 21.7 Å². The summed E-state index contributed by atoms with van der Waals surface area (Å²) in [4.78, 5) is 20.8. The first-order valence-electron chi connectivity index (χ1n) is 10.0. The largest absolute Gasteiger partial charge is 0.478 e. The van der Waals surface area contributed by atoms with E-state index in [4.69, 9.17) is 4.98 Å². The zero-order valence-corrected chi connectivity index (χ0v) is 16.9. The van der Waals surface area contributed by atoms with E-state index in [1.54, 1.807) is 24.3 Å². The van der Waals surface area contributed by atoms with Gasteiger partial charge in [0.15, 0.2) is 11.5 Å². The summed E-state index contributed by atoms with van der Waals surface area (Å²) in [6.45, 7) is 4.72. The summed E-state index contributed by atoms with van der Waals surface area (Å²) in [5, 5.41) is 25.6. The monoisotopic (exact) mass is 401 g/mol. The van der Waals surface area contributed by atoms with Gasteiger partial charge in [-0.25, -0.2) is 14.8 Å². The summed E-state index contributed by atoms with van der Waals surface area (Å²) in [6.07, 6.45) is 2.40. The maximum absolute atomic E-state index is 11.6. The minimum atomic E-state index is -0.982. The molecule has 1 aromatic heterocycles. The van der Waals surface area contributed by atoms with E-state index < -0.39 is 5.97 Å². The van der Waals surface area contributed by atoms with Gasteiger partial charge >= 0.3 is 5.97 Å². The number of carboxylic acids is 1. The number of nitriles is 1. The number of carboxylic acid groups (broad SMARTS) is 1. The van der Waals surface area contributed by atoms with E-state index in [0.29, 0.717) is 28.5 Å². The van der Waals surface area contributed by atoms with E-state index in [1.807, 2.05) is 26.0 Å². The third-order valence-electron chi connectivity index (χ3n) is 5.30. The smallest absolute Gasteiger partial charge is 0.337 e. The lowest BCUT2D eigenvalue weighted by Crippen LogP contribution is -2.13. The minimum Gasteiger partial charge on any atom is -0.478 e. The number of para-hydroxylation sites is 1. The summed E-state index contributed by atoms with van der Waals surface area (Å²) < 4.78 is 0. The van der Waals surface area contributed by atoms with Crippen LogP contribution in [-0.4, -0.2) is 27.6 Å². The molecule has 7 heteroatoms. The average Bonchev–Trinajstić information content (AvgIpc) is 3.55. The van der Waals surface area contributed by atoms with Crippen molar-refractivity contribution >= 4 is 28.5 Å². The van der Waals surface area contributed by atoms with Gasteiger partial charge < -0.3 is 15.7 Å². The standard InChI is InChI=1S/C23H23N5O2/c1-13-9-17(14(2)26-18-6-4-3-5-16(18)23(29)30)21-19(10-13)27-20(11-24)22(28-21)25-12-15-7-8-15/h3-6,9-10,14-15,26H,7-8,12H2,1-2H3,(H,25,28)(H,29,30)/t14-/m1/s1. The number of aryl methyl sites for hydroxylation is 1. The normalized spacial score (nSPS) is 14.2. The van der Waals surface area contributed by atoms with Crippen molar-refractivity contribution in [2.24, 2.45) is 5.92 Å². The van der Waals surface area contributed by atoms with Crippen molar-refractivity contribution in [1.29, 1.82) is 5.26 Å². The highest BCUT2D eigenvalue weighted by Crippen LogP contribution is 2.31. The van der Waals surface area contributed by atoms with Crippen molar-refractivity contribution in [3.05, 3.63) is 58.8 Å². The first-order chi connectivity index (χ1) is 14.5. The van der Waals surface area contributed by atoms with Gasteiger partial charge in [0.05, 0.1) is 22.6 Å². The first kappa shape index (κ1) is 19.6. The topological polar surface area (TPSA) is 111 Å². The molecule has 0 spiro atoms. The third kappa shape index (κ3) is 4.03. The van der Waals surface area contributed by atoms with Gasteiger partial charge in [-0.05, 0) is 56.4 Å². The lowest BCUT2D eigenvalue weighted by molar-refractivity contribution is 0.0698. The van der Waals surface area contributed by atoms with Crippen molar-refractivity contribution in [3.63, 3.8) is 0 Å². The molecule has 1 aliphatic carbocycles. The summed E-state index contributed by atoms with van der Waals surface area (Å²) >= 11 is 0. The lowest BCUT2D eigenvalue weighted by Gasteiger charge is -2.20. The number of fused-ring (bicyclic) bond motifs is 1. The molecular formula is C23H23N5O2. The van der Waals surface area contributed by atoms with Crippen LogP contribution in [0.25, 0.3) is 11.0 Å². The van der Waals surface area contributed by atoms with Gasteiger partial charge in [-0.15, -0.1) is 0 Å². The Balaban J connectivity index is 1.74. The molecule has 0 aliphatic heterocycles. The van der Waals surface area contributed by atoms with Gasteiger partial charge in [0.25, 0.3) is 0 Å². The molecule has 0 unspecified atom stereocenters. The average molecular weight is 401 g/mol. The summed E-state index contributed by atoms with van der Waals surface area (Å²) in [6, 6.07) is 12.7. The number of nitrogens with zero attached hydrogens (tertiary/aromatic N) is 3.